The lowest BCUT2D eigenvalue weighted by molar-refractivity contribution is -0.145. The van der Waals surface area contributed by atoms with E-state index < -0.39 is 53.1 Å². The van der Waals surface area contributed by atoms with Gasteiger partial charge in [0.2, 0.25) is 11.8 Å². The van der Waals surface area contributed by atoms with E-state index in [-0.39, 0.29) is 25.3 Å². The Morgan fingerprint density at radius 2 is 1.65 bits per heavy atom. The number of hydrogen-bond acceptors (Lipinski definition) is 8. The summed E-state index contributed by atoms with van der Waals surface area (Å²) < 4.78 is 5.52. The lowest BCUT2D eigenvalue weighted by Gasteiger charge is -2.30. The van der Waals surface area contributed by atoms with Crippen LogP contribution in [0, 0.1) is 5.92 Å². The number of hydrogen-bond donors (Lipinski definition) is 3. The Balaban J connectivity index is 1.37. The summed E-state index contributed by atoms with van der Waals surface area (Å²) in [7, 11) is 3.95. The number of ether oxygens (including phenoxy) is 1. The molecule has 1 saturated heterocycles. The van der Waals surface area contributed by atoms with Crippen LogP contribution in [0.3, 0.4) is 0 Å². The predicted octanol–water partition coefficient (Wildman–Crippen LogP) is 5.19. The van der Waals surface area contributed by atoms with Crippen molar-refractivity contribution in [3.05, 3.63) is 66.7 Å². The van der Waals surface area contributed by atoms with Crippen molar-refractivity contribution in [2.24, 2.45) is 5.92 Å². The van der Waals surface area contributed by atoms with E-state index in [1.807, 2.05) is 85.7 Å². The van der Waals surface area contributed by atoms with Crippen molar-refractivity contribution >= 4 is 29.6 Å². The number of aliphatic carboxylic acids is 1. The molecular weight excluding hydrogens is 662 g/mol. The summed E-state index contributed by atoms with van der Waals surface area (Å²) >= 11 is 0. The fourth-order valence-corrected chi connectivity index (χ4v) is 7.08. The Morgan fingerprint density at radius 1 is 0.981 bits per heavy atom. The maximum atomic E-state index is 14.5. The monoisotopic (exact) mass is 711 g/mol. The summed E-state index contributed by atoms with van der Waals surface area (Å²) in [5.41, 5.74) is 1.84. The predicted molar refractivity (Wildman–Crippen MR) is 196 cm³/mol. The van der Waals surface area contributed by atoms with Gasteiger partial charge in [0.15, 0.2) is 0 Å². The van der Waals surface area contributed by atoms with Crippen molar-refractivity contribution < 1.29 is 29.0 Å². The maximum absolute atomic E-state index is 14.5. The van der Waals surface area contributed by atoms with Crippen molar-refractivity contribution in [2.75, 3.05) is 25.5 Å². The van der Waals surface area contributed by atoms with E-state index in [1.165, 1.54) is 4.90 Å². The Kier molecular flexibility index (Phi) is 10.4. The maximum Gasteiger partial charge on any atom is 0.408 e. The van der Waals surface area contributed by atoms with E-state index in [9.17, 15) is 24.3 Å². The molecule has 13 heteroatoms. The number of nitrogens with zero attached hydrogens (tertiary/aromatic N) is 5. The van der Waals surface area contributed by atoms with Crippen LogP contribution in [0.1, 0.15) is 71.8 Å². The smallest absolute Gasteiger partial charge is 0.408 e. The fraction of sp³-hybridized carbons (Fsp3) is 0.487. The molecule has 2 aromatic carbocycles. The topological polar surface area (TPSA) is 159 Å². The molecule has 0 spiro atoms. The first-order chi connectivity index (χ1) is 24.8. The molecule has 0 unspecified atom stereocenters. The highest BCUT2D eigenvalue weighted by Crippen LogP contribution is 2.45. The number of carbonyl (C=O) groups excluding carboxylic acids is 3. The third-order valence-corrected chi connectivity index (χ3v) is 9.99. The number of allylic oxidation sites excluding steroid dienone is 1. The van der Waals surface area contributed by atoms with Gasteiger partial charge in [0.25, 0.3) is 0 Å². The number of carboxylic acids is 1. The third-order valence-electron chi connectivity index (χ3n) is 9.99. The van der Waals surface area contributed by atoms with Gasteiger partial charge in [-0.25, -0.2) is 9.59 Å². The molecule has 276 valence electrons. The summed E-state index contributed by atoms with van der Waals surface area (Å²) in [4.78, 5) is 59.2. The Morgan fingerprint density at radius 3 is 2.29 bits per heavy atom. The lowest BCUT2D eigenvalue weighted by Crippen LogP contribution is -2.56. The summed E-state index contributed by atoms with van der Waals surface area (Å²) in [5, 5.41) is 25.8. The van der Waals surface area contributed by atoms with Gasteiger partial charge in [-0.2, -0.15) is 15.0 Å². The molecule has 3 amide bonds. The van der Waals surface area contributed by atoms with E-state index in [2.05, 4.69) is 10.6 Å². The lowest BCUT2D eigenvalue weighted by atomic mass is 10.0. The summed E-state index contributed by atoms with van der Waals surface area (Å²) in [6, 6.07) is 15.2. The molecular formula is C39H49N7O6. The molecule has 6 rings (SSSR count). The zero-order valence-electron chi connectivity index (χ0n) is 30.5. The van der Waals surface area contributed by atoms with E-state index in [1.54, 1.807) is 25.6 Å². The third kappa shape index (κ3) is 7.98. The number of amides is 3. The van der Waals surface area contributed by atoms with Crippen LogP contribution in [0.25, 0.3) is 22.5 Å². The molecule has 1 aliphatic carbocycles. The molecule has 3 aliphatic rings. The molecule has 5 atom stereocenters. The molecule has 13 nitrogen and oxygen atoms in total. The van der Waals surface area contributed by atoms with Crippen LogP contribution < -0.4 is 15.5 Å². The largest absolute Gasteiger partial charge is 0.479 e. The number of fused-ring (bicyclic) bond motifs is 2. The first-order valence-corrected chi connectivity index (χ1v) is 18.1. The van der Waals surface area contributed by atoms with Crippen LogP contribution >= 0.6 is 0 Å². The molecule has 2 fully saturated rings. The number of rotatable bonds is 6. The molecule has 3 N–H and O–H groups in total. The van der Waals surface area contributed by atoms with Gasteiger partial charge in [-0.3, -0.25) is 9.59 Å². The van der Waals surface area contributed by atoms with E-state index >= 15 is 0 Å². The first kappa shape index (κ1) is 36.6. The number of anilines is 1. The van der Waals surface area contributed by atoms with Crippen molar-refractivity contribution in [3.63, 3.8) is 0 Å². The molecule has 52 heavy (non-hydrogen) atoms. The Labute approximate surface area is 304 Å². The van der Waals surface area contributed by atoms with Crippen LogP contribution in [0.2, 0.25) is 0 Å². The average molecular weight is 712 g/mol. The zero-order valence-corrected chi connectivity index (χ0v) is 30.5. The highest BCUT2D eigenvalue weighted by Gasteiger charge is 2.61. The second kappa shape index (κ2) is 14.8. The number of aromatic nitrogens is 3. The van der Waals surface area contributed by atoms with E-state index in [0.29, 0.717) is 24.2 Å². The van der Waals surface area contributed by atoms with Gasteiger partial charge in [-0.05, 0) is 58.6 Å². The van der Waals surface area contributed by atoms with Crippen molar-refractivity contribution in [3.8, 4) is 22.5 Å². The van der Waals surface area contributed by atoms with Gasteiger partial charge < -0.3 is 30.3 Å². The normalized spacial score (nSPS) is 25.8. The van der Waals surface area contributed by atoms with Crippen LogP contribution in [-0.4, -0.2) is 92.7 Å². The molecule has 0 radical (unpaired) electrons. The number of benzene rings is 2. The molecule has 1 aromatic heterocycles. The molecule has 1 saturated carbocycles. The van der Waals surface area contributed by atoms with E-state index in [4.69, 9.17) is 14.9 Å². The minimum absolute atomic E-state index is 0.0781. The number of carbonyl (C=O) groups is 4. The summed E-state index contributed by atoms with van der Waals surface area (Å²) in [5.74, 6) is -2.45. The molecule has 3 aromatic rings. The van der Waals surface area contributed by atoms with E-state index in [0.717, 1.165) is 36.1 Å². The molecule has 2 aliphatic heterocycles. The Hall–Kier alpha value is -5.20. The van der Waals surface area contributed by atoms with Crippen LogP contribution in [-0.2, 0) is 19.1 Å². The Bertz CT molecular complexity index is 1820. The van der Waals surface area contributed by atoms with Crippen LogP contribution in [0.5, 0.6) is 0 Å². The van der Waals surface area contributed by atoms with Crippen LogP contribution in [0.4, 0.5) is 10.5 Å². The highest BCUT2D eigenvalue weighted by molar-refractivity contribution is 5.96. The second-order valence-corrected chi connectivity index (χ2v) is 15.3. The molecule has 3 heterocycles. The summed E-state index contributed by atoms with van der Waals surface area (Å²) in [6.45, 7) is 5.32. The van der Waals surface area contributed by atoms with Gasteiger partial charge in [-0.1, -0.05) is 67.5 Å². The van der Waals surface area contributed by atoms with Crippen molar-refractivity contribution in [2.45, 2.75) is 95.0 Å². The van der Waals surface area contributed by atoms with Crippen molar-refractivity contribution in [1.29, 1.82) is 0 Å². The number of carboxylic acid groups (broad SMARTS) is 1. The second-order valence-electron chi connectivity index (χ2n) is 15.3. The van der Waals surface area contributed by atoms with Gasteiger partial charge in [0.05, 0.1) is 6.04 Å². The van der Waals surface area contributed by atoms with Gasteiger partial charge in [-0.15, -0.1) is 0 Å². The standard InChI is InChI=1S/C39H49N7O6/c1-38(2,3)52-37(51)40-30-17-13-8-6-7-12-16-27-23-39(27,36(49)50)41-34(47)31-22-29(24-45(31)35(30)48)46-42-32(25-14-10-9-11-15-25)33(43-46)26-18-20-28(21-19-26)44(4)5/h9-12,14-16,18-21,27,29-31H,6-8,13,17,22-24H2,1-5H3,(H,40,51)(H,41,47)(H,49,50)/b16-12-/t27-,29+,30+,31+,39+/m1/s1. The first-order valence-electron chi connectivity index (χ1n) is 18.1. The SMILES string of the molecule is CN(C)c1ccc(-c2nn([C@H]3C[C@H]4C(=O)N[C@@]5(C(=O)O)C[C@H]5/C=C\CCCCC[C@H](NC(=O)OC(C)(C)C)C(=O)N4C3)nc2-c2ccccc2)cc1. The molecule has 0 bridgehead atoms. The number of alkyl carbamates (subject to hydrolysis) is 1. The average Bonchev–Trinajstić information content (AvgIpc) is 3.40. The van der Waals surface area contributed by atoms with Crippen molar-refractivity contribution in [1.82, 2.24) is 30.5 Å². The van der Waals surface area contributed by atoms with Gasteiger partial charge in [0.1, 0.15) is 34.6 Å². The van der Waals surface area contributed by atoms with Crippen LogP contribution in [0.15, 0.2) is 66.7 Å². The van der Waals surface area contributed by atoms with Gasteiger partial charge >= 0.3 is 12.1 Å². The summed E-state index contributed by atoms with van der Waals surface area (Å²) in [6.07, 6.45) is 6.96. The quantitative estimate of drug-likeness (QED) is 0.293. The highest BCUT2D eigenvalue weighted by atomic mass is 16.6. The minimum Gasteiger partial charge on any atom is -0.479 e. The van der Waals surface area contributed by atoms with Gasteiger partial charge in [0, 0.05) is 49.8 Å². The number of nitrogens with one attached hydrogen (secondary N) is 2. The fourth-order valence-electron chi connectivity index (χ4n) is 7.08. The zero-order chi connectivity index (χ0) is 37.2. The minimum atomic E-state index is -1.44.